The molecular formula is C13H7BrF3N3O. The monoisotopic (exact) mass is 357 g/mol. The molecule has 0 atom stereocenters. The Labute approximate surface area is 125 Å². The van der Waals surface area contributed by atoms with Crippen LogP contribution in [0.25, 0.3) is 17.1 Å². The van der Waals surface area contributed by atoms with Crippen molar-refractivity contribution in [1.29, 1.82) is 0 Å². The van der Waals surface area contributed by atoms with E-state index in [2.05, 4.69) is 21.0 Å². The SMILES string of the molecule is Nc1cc(-c2ccc(Br)o2)nn1-c1cc(F)c(F)c(F)c1. The second kappa shape index (κ2) is 4.96. The summed E-state index contributed by atoms with van der Waals surface area (Å²) in [5, 5.41) is 4.10. The first kappa shape index (κ1) is 13.7. The van der Waals surface area contributed by atoms with E-state index in [1.165, 1.54) is 6.07 Å². The topological polar surface area (TPSA) is 57.0 Å². The number of nitrogens with two attached hydrogens (primary N) is 1. The molecule has 0 fully saturated rings. The van der Waals surface area contributed by atoms with Gasteiger partial charge in [0.15, 0.2) is 27.9 Å². The second-order valence-electron chi connectivity index (χ2n) is 4.19. The molecule has 0 radical (unpaired) electrons. The van der Waals surface area contributed by atoms with Crippen molar-refractivity contribution in [2.45, 2.75) is 0 Å². The third-order valence-electron chi connectivity index (χ3n) is 2.78. The van der Waals surface area contributed by atoms with Crippen LogP contribution in [0.2, 0.25) is 0 Å². The van der Waals surface area contributed by atoms with Crippen molar-refractivity contribution in [3.05, 3.63) is 52.5 Å². The van der Waals surface area contributed by atoms with Crippen LogP contribution in [0.3, 0.4) is 0 Å². The molecule has 108 valence electrons. The van der Waals surface area contributed by atoms with Crippen LogP contribution < -0.4 is 5.73 Å². The van der Waals surface area contributed by atoms with Crippen LogP contribution in [-0.4, -0.2) is 9.78 Å². The van der Waals surface area contributed by atoms with Gasteiger partial charge in [0.1, 0.15) is 11.5 Å². The van der Waals surface area contributed by atoms with Crippen LogP contribution in [0.4, 0.5) is 19.0 Å². The molecule has 2 aromatic heterocycles. The molecule has 0 spiro atoms. The third-order valence-corrected chi connectivity index (χ3v) is 3.20. The summed E-state index contributed by atoms with van der Waals surface area (Å²) in [5.41, 5.74) is 6.12. The lowest BCUT2D eigenvalue weighted by Gasteiger charge is -2.05. The van der Waals surface area contributed by atoms with Crippen LogP contribution in [0, 0.1) is 17.5 Å². The Morgan fingerprint density at radius 1 is 1.10 bits per heavy atom. The summed E-state index contributed by atoms with van der Waals surface area (Å²) in [6, 6.07) is 6.42. The van der Waals surface area contributed by atoms with Crippen molar-refractivity contribution < 1.29 is 17.6 Å². The van der Waals surface area contributed by atoms with Gasteiger partial charge in [-0.15, -0.1) is 0 Å². The zero-order valence-corrected chi connectivity index (χ0v) is 11.9. The Hall–Kier alpha value is -2.22. The number of benzene rings is 1. The molecule has 0 aliphatic carbocycles. The minimum absolute atomic E-state index is 0.0271. The predicted octanol–water partition coefficient (Wildman–Crippen LogP) is 3.89. The number of aromatic nitrogens is 2. The van der Waals surface area contributed by atoms with E-state index in [0.717, 1.165) is 16.8 Å². The molecule has 1 aromatic carbocycles. The Morgan fingerprint density at radius 2 is 1.76 bits per heavy atom. The first-order chi connectivity index (χ1) is 9.95. The lowest BCUT2D eigenvalue weighted by atomic mass is 10.3. The number of furan rings is 1. The van der Waals surface area contributed by atoms with Gasteiger partial charge in [-0.1, -0.05) is 0 Å². The van der Waals surface area contributed by atoms with E-state index < -0.39 is 17.5 Å². The Kier molecular flexibility index (Phi) is 3.25. The number of halogens is 4. The first-order valence-electron chi connectivity index (χ1n) is 5.72. The van der Waals surface area contributed by atoms with Gasteiger partial charge in [0.25, 0.3) is 0 Å². The lowest BCUT2D eigenvalue weighted by molar-refractivity contribution is 0.446. The quantitative estimate of drug-likeness (QED) is 0.707. The van der Waals surface area contributed by atoms with Gasteiger partial charge in [0.05, 0.1) is 5.69 Å². The highest BCUT2D eigenvalue weighted by atomic mass is 79.9. The molecule has 0 saturated carbocycles. The molecule has 0 saturated heterocycles. The summed E-state index contributed by atoms with van der Waals surface area (Å²) in [5.74, 6) is -3.62. The fraction of sp³-hybridized carbons (Fsp3) is 0. The fourth-order valence-corrected chi connectivity index (χ4v) is 2.15. The van der Waals surface area contributed by atoms with E-state index in [1.807, 2.05) is 0 Å². The maximum Gasteiger partial charge on any atom is 0.194 e. The molecule has 2 heterocycles. The van der Waals surface area contributed by atoms with Crippen molar-refractivity contribution in [2.24, 2.45) is 0 Å². The average Bonchev–Trinajstić information content (AvgIpc) is 3.01. The van der Waals surface area contributed by atoms with Gasteiger partial charge in [0.2, 0.25) is 0 Å². The minimum atomic E-state index is -1.54. The van der Waals surface area contributed by atoms with Gasteiger partial charge in [0, 0.05) is 18.2 Å². The van der Waals surface area contributed by atoms with Crippen LogP contribution in [0.15, 0.2) is 39.4 Å². The van der Waals surface area contributed by atoms with Gasteiger partial charge in [-0.05, 0) is 28.1 Å². The molecule has 8 heteroatoms. The number of nitrogen functional groups attached to an aromatic ring is 1. The maximum atomic E-state index is 13.3. The molecule has 0 bridgehead atoms. The smallest absolute Gasteiger partial charge is 0.194 e. The second-order valence-corrected chi connectivity index (χ2v) is 4.97. The van der Waals surface area contributed by atoms with Crippen molar-refractivity contribution in [3.63, 3.8) is 0 Å². The Morgan fingerprint density at radius 3 is 2.33 bits per heavy atom. The highest BCUT2D eigenvalue weighted by molar-refractivity contribution is 9.10. The molecule has 21 heavy (non-hydrogen) atoms. The largest absolute Gasteiger partial charge is 0.448 e. The zero-order chi connectivity index (χ0) is 15.1. The Balaban J connectivity index is 2.10. The number of hydrogen-bond acceptors (Lipinski definition) is 3. The first-order valence-corrected chi connectivity index (χ1v) is 6.51. The average molecular weight is 358 g/mol. The van der Waals surface area contributed by atoms with Gasteiger partial charge in [-0.2, -0.15) is 5.10 Å². The molecule has 3 rings (SSSR count). The predicted molar refractivity (Wildman–Crippen MR) is 73.3 cm³/mol. The van der Waals surface area contributed by atoms with Gasteiger partial charge < -0.3 is 10.2 Å². The summed E-state index contributed by atoms with van der Waals surface area (Å²) in [6.45, 7) is 0. The molecule has 0 unspecified atom stereocenters. The van der Waals surface area contributed by atoms with E-state index in [1.54, 1.807) is 12.1 Å². The van der Waals surface area contributed by atoms with Gasteiger partial charge in [-0.25, -0.2) is 17.9 Å². The molecule has 4 nitrogen and oxygen atoms in total. The van der Waals surface area contributed by atoms with Gasteiger partial charge in [-0.3, -0.25) is 0 Å². The van der Waals surface area contributed by atoms with E-state index >= 15 is 0 Å². The third kappa shape index (κ3) is 2.42. The van der Waals surface area contributed by atoms with Crippen LogP contribution in [-0.2, 0) is 0 Å². The normalized spacial score (nSPS) is 11.0. The van der Waals surface area contributed by atoms with Crippen molar-refractivity contribution >= 4 is 21.7 Å². The molecule has 0 amide bonds. The Bertz CT molecular complexity index is 805. The van der Waals surface area contributed by atoms with Crippen molar-refractivity contribution in [3.8, 4) is 17.1 Å². The number of nitrogens with zero attached hydrogens (tertiary/aromatic N) is 2. The minimum Gasteiger partial charge on any atom is -0.448 e. The number of anilines is 1. The highest BCUT2D eigenvalue weighted by Gasteiger charge is 2.16. The molecular weight excluding hydrogens is 351 g/mol. The summed E-state index contributed by atoms with van der Waals surface area (Å²) in [6.07, 6.45) is 0. The van der Waals surface area contributed by atoms with Gasteiger partial charge >= 0.3 is 0 Å². The molecule has 3 aromatic rings. The summed E-state index contributed by atoms with van der Waals surface area (Å²) >= 11 is 3.15. The zero-order valence-electron chi connectivity index (χ0n) is 10.3. The van der Waals surface area contributed by atoms with Crippen molar-refractivity contribution in [1.82, 2.24) is 9.78 Å². The van der Waals surface area contributed by atoms with E-state index in [9.17, 15) is 13.2 Å². The van der Waals surface area contributed by atoms with E-state index in [4.69, 9.17) is 10.2 Å². The number of hydrogen-bond donors (Lipinski definition) is 1. The van der Waals surface area contributed by atoms with E-state index in [0.29, 0.717) is 16.1 Å². The summed E-state index contributed by atoms with van der Waals surface area (Å²) in [7, 11) is 0. The lowest BCUT2D eigenvalue weighted by Crippen LogP contribution is -2.04. The number of rotatable bonds is 2. The van der Waals surface area contributed by atoms with Crippen LogP contribution in [0.1, 0.15) is 0 Å². The van der Waals surface area contributed by atoms with Crippen molar-refractivity contribution in [2.75, 3.05) is 5.73 Å². The summed E-state index contributed by atoms with van der Waals surface area (Å²) in [4.78, 5) is 0. The van der Waals surface area contributed by atoms with Crippen LogP contribution in [0.5, 0.6) is 0 Å². The highest BCUT2D eigenvalue weighted by Crippen LogP contribution is 2.27. The fourth-order valence-electron chi connectivity index (χ4n) is 1.84. The maximum absolute atomic E-state index is 13.3. The summed E-state index contributed by atoms with van der Waals surface area (Å²) < 4.78 is 46.4. The van der Waals surface area contributed by atoms with Crippen LogP contribution >= 0.6 is 15.9 Å². The van der Waals surface area contributed by atoms with E-state index in [-0.39, 0.29) is 11.5 Å². The molecule has 2 N–H and O–H groups in total. The standard InChI is InChI=1S/C13H7BrF3N3O/c14-11-2-1-10(21-11)9-5-12(18)20(19-9)6-3-7(15)13(17)8(16)4-6/h1-5H,18H2. The molecule has 0 aliphatic heterocycles. The molecule has 0 aliphatic rings.